The van der Waals surface area contributed by atoms with Gasteiger partial charge in [-0.25, -0.2) is 0 Å². The van der Waals surface area contributed by atoms with Crippen molar-refractivity contribution in [3.8, 4) is 0 Å². The van der Waals surface area contributed by atoms with E-state index in [1.165, 1.54) is 64.2 Å². The number of carboxylic acid groups (broad SMARTS) is 3. The van der Waals surface area contributed by atoms with E-state index in [1.54, 1.807) is 0 Å². The minimum atomic E-state index is -0.769. The Morgan fingerprint density at radius 3 is 1.19 bits per heavy atom. The molecule has 0 aliphatic rings. The summed E-state index contributed by atoms with van der Waals surface area (Å²) in [4.78, 5) is 32.9. The summed E-state index contributed by atoms with van der Waals surface area (Å²) < 4.78 is 0.865. The summed E-state index contributed by atoms with van der Waals surface area (Å²) in [5.41, 5.74) is 0. The van der Waals surface area contributed by atoms with Gasteiger partial charge in [0, 0.05) is 19.3 Å². The first-order chi connectivity index (χ1) is 17.8. The molecule has 7 heteroatoms. The zero-order valence-corrected chi connectivity index (χ0v) is 23.6. The maximum absolute atomic E-state index is 11.0. The SMILES string of the molecule is CCC/C=C/CCCCCCCCCC[N+](CCCCC(=O)O)(CCCCC(=O)O)CCCCC(=O)O. The number of hydrogen-bond acceptors (Lipinski definition) is 3. The van der Waals surface area contributed by atoms with Crippen molar-refractivity contribution in [1.29, 1.82) is 0 Å². The topological polar surface area (TPSA) is 112 Å². The molecule has 0 unspecified atom stereocenters. The maximum atomic E-state index is 11.0. The summed E-state index contributed by atoms with van der Waals surface area (Å²) in [6, 6.07) is 0. The summed E-state index contributed by atoms with van der Waals surface area (Å²) >= 11 is 0. The lowest BCUT2D eigenvalue weighted by Crippen LogP contribution is -2.51. The molecule has 7 nitrogen and oxygen atoms in total. The number of aliphatic carboxylic acids is 3. The predicted octanol–water partition coefficient (Wildman–Crippen LogP) is 7.44. The van der Waals surface area contributed by atoms with Crippen LogP contribution >= 0.6 is 0 Å². The summed E-state index contributed by atoms with van der Waals surface area (Å²) in [5, 5.41) is 27.0. The van der Waals surface area contributed by atoms with E-state index in [0.29, 0.717) is 19.3 Å². The summed E-state index contributed by atoms with van der Waals surface area (Å²) in [7, 11) is 0. The average molecular weight is 527 g/mol. The van der Waals surface area contributed by atoms with Gasteiger partial charge in [0.15, 0.2) is 0 Å². The van der Waals surface area contributed by atoms with Gasteiger partial charge in [0.05, 0.1) is 26.2 Å². The quantitative estimate of drug-likeness (QED) is 0.0555. The van der Waals surface area contributed by atoms with Gasteiger partial charge in [-0.15, -0.1) is 0 Å². The third-order valence-electron chi connectivity index (χ3n) is 7.19. The van der Waals surface area contributed by atoms with E-state index in [0.717, 1.165) is 56.3 Å². The molecule has 0 aliphatic heterocycles. The molecule has 0 saturated heterocycles. The van der Waals surface area contributed by atoms with E-state index in [4.69, 9.17) is 15.3 Å². The van der Waals surface area contributed by atoms with Crippen molar-refractivity contribution in [2.45, 2.75) is 135 Å². The van der Waals surface area contributed by atoms with E-state index < -0.39 is 17.9 Å². The first-order valence-corrected chi connectivity index (χ1v) is 15.0. The van der Waals surface area contributed by atoms with E-state index in [2.05, 4.69) is 19.1 Å². The Bertz CT molecular complexity index is 564. The van der Waals surface area contributed by atoms with Crippen molar-refractivity contribution in [2.24, 2.45) is 0 Å². The molecule has 0 aliphatic carbocycles. The Labute approximate surface area is 225 Å². The third kappa shape index (κ3) is 24.2. The summed E-state index contributed by atoms with van der Waals surface area (Å²) in [5.74, 6) is -2.31. The van der Waals surface area contributed by atoms with Crippen molar-refractivity contribution < 1.29 is 34.2 Å². The molecule has 0 aromatic carbocycles. The van der Waals surface area contributed by atoms with Crippen LogP contribution in [0.1, 0.15) is 135 Å². The third-order valence-corrected chi connectivity index (χ3v) is 7.19. The molecule has 0 saturated carbocycles. The number of carboxylic acids is 3. The lowest BCUT2D eigenvalue weighted by molar-refractivity contribution is -0.929. The van der Waals surface area contributed by atoms with Crippen LogP contribution in [0.25, 0.3) is 0 Å². The highest BCUT2D eigenvalue weighted by Gasteiger charge is 2.26. The predicted molar refractivity (Wildman–Crippen MR) is 150 cm³/mol. The molecular formula is C30H56NO6+. The molecule has 0 radical (unpaired) electrons. The van der Waals surface area contributed by atoms with E-state index in [1.807, 2.05) is 0 Å². The van der Waals surface area contributed by atoms with Gasteiger partial charge in [0.25, 0.3) is 0 Å². The maximum Gasteiger partial charge on any atom is 0.303 e. The smallest absolute Gasteiger partial charge is 0.303 e. The number of rotatable bonds is 28. The van der Waals surface area contributed by atoms with Gasteiger partial charge < -0.3 is 19.8 Å². The molecular weight excluding hydrogens is 470 g/mol. The molecule has 0 heterocycles. The largest absolute Gasteiger partial charge is 0.481 e. The standard InChI is InChI=1S/C30H55NO6/c1-2-3-4-5-6-7-8-9-10-11-12-13-17-24-31(25-18-14-21-28(32)33,26-19-15-22-29(34)35)27-20-16-23-30(36)37/h4-5H,2-3,6-27H2,1H3,(H2-,32,33,34,35,36,37)/p+1/b5-4+. The Morgan fingerprint density at radius 2 is 0.811 bits per heavy atom. The highest BCUT2D eigenvalue weighted by molar-refractivity contribution is 5.67. The van der Waals surface area contributed by atoms with E-state index in [-0.39, 0.29) is 19.3 Å². The Kier molecular flexibility index (Phi) is 23.2. The van der Waals surface area contributed by atoms with Crippen molar-refractivity contribution in [2.75, 3.05) is 26.2 Å². The van der Waals surface area contributed by atoms with Gasteiger partial charge in [-0.1, -0.05) is 57.6 Å². The number of carbonyl (C=O) groups is 3. The number of nitrogens with zero attached hydrogens (tertiary/aromatic N) is 1. The van der Waals surface area contributed by atoms with Crippen LogP contribution in [-0.2, 0) is 14.4 Å². The second kappa shape index (κ2) is 24.4. The van der Waals surface area contributed by atoms with Crippen LogP contribution in [0.15, 0.2) is 12.2 Å². The van der Waals surface area contributed by atoms with E-state index >= 15 is 0 Å². The molecule has 0 rings (SSSR count). The van der Waals surface area contributed by atoms with Crippen LogP contribution in [0.3, 0.4) is 0 Å². The molecule has 0 aromatic heterocycles. The minimum absolute atomic E-state index is 0.174. The van der Waals surface area contributed by atoms with Gasteiger partial charge in [0.2, 0.25) is 0 Å². The van der Waals surface area contributed by atoms with Crippen molar-refractivity contribution in [1.82, 2.24) is 0 Å². The number of quaternary nitrogens is 1. The molecule has 0 bridgehead atoms. The first kappa shape index (κ1) is 35.1. The number of hydrogen-bond donors (Lipinski definition) is 3. The molecule has 0 spiro atoms. The summed E-state index contributed by atoms with van der Waals surface area (Å²) in [6.45, 7) is 5.88. The van der Waals surface area contributed by atoms with Crippen molar-refractivity contribution in [3.05, 3.63) is 12.2 Å². The van der Waals surface area contributed by atoms with Crippen molar-refractivity contribution in [3.63, 3.8) is 0 Å². The van der Waals surface area contributed by atoms with Gasteiger partial charge in [-0.2, -0.15) is 0 Å². The van der Waals surface area contributed by atoms with Crippen LogP contribution in [0.5, 0.6) is 0 Å². The summed E-state index contributed by atoms with van der Waals surface area (Å²) in [6.07, 6.45) is 23.1. The fourth-order valence-corrected chi connectivity index (χ4v) is 5.01. The fraction of sp³-hybridized carbons (Fsp3) is 0.833. The molecule has 0 amide bonds. The van der Waals surface area contributed by atoms with E-state index in [9.17, 15) is 14.4 Å². The molecule has 37 heavy (non-hydrogen) atoms. The molecule has 3 N–H and O–H groups in total. The fourth-order valence-electron chi connectivity index (χ4n) is 5.01. The highest BCUT2D eigenvalue weighted by Crippen LogP contribution is 2.19. The molecule has 0 atom stereocenters. The van der Waals surface area contributed by atoms with Crippen molar-refractivity contribution >= 4 is 17.9 Å². The monoisotopic (exact) mass is 526 g/mol. The van der Waals surface area contributed by atoms with Crippen LogP contribution in [0.4, 0.5) is 0 Å². The van der Waals surface area contributed by atoms with Gasteiger partial charge in [-0.05, 0) is 70.6 Å². The normalized spacial score (nSPS) is 11.8. The zero-order chi connectivity index (χ0) is 27.6. The van der Waals surface area contributed by atoms with Gasteiger partial charge >= 0.3 is 17.9 Å². The molecule has 0 fully saturated rings. The Balaban J connectivity index is 4.60. The number of allylic oxidation sites excluding steroid dienone is 2. The van der Waals surface area contributed by atoms with Crippen LogP contribution in [0.2, 0.25) is 0 Å². The lowest BCUT2D eigenvalue weighted by atomic mass is 10.0. The van der Waals surface area contributed by atoms with Crippen LogP contribution in [0, 0.1) is 0 Å². The van der Waals surface area contributed by atoms with Crippen LogP contribution < -0.4 is 0 Å². The molecule has 216 valence electrons. The second-order valence-electron chi connectivity index (χ2n) is 10.7. The lowest BCUT2D eigenvalue weighted by Gasteiger charge is -2.39. The van der Waals surface area contributed by atoms with Gasteiger partial charge in [-0.3, -0.25) is 14.4 Å². The minimum Gasteiger partial charge on any atom is -0.481 e. The first-order valence-electron chi connectivity index (χ1n) is 15.0. The number of unbranched alkanes of at least 4 members (excludes halogenated alkanes) is 12. The van der Waals surface area contributed by atoms with Gasteiger partial charge in [0.1, 0.15) is 0 Å². The Hall–Kier alpha value is -1.89. The Morgan fingerprint density at radius 1 is 0.486 bits per heavy atom. The van der Waals surface area contributed by atoms with Crippen LogP contribution in [-0.4, -0.2) is 63.9 Å². The second-order valence-corrected chi connectivity index (χ2v) is 10.7. The average Bonchev–Trinajstić information content (AvgIpc) is 2.84. The zero-order valence-electron chi connectivity index (χ0n) is 23.6. The molecule has 0 aromatic rings. The highest BCUT2D eigenvalue weighted by atomic mass is 16.4.